The molecule has 2 aliphatic carbocycles. The van der Waals surface area contributed by atoms with Gasteiger partial charge in [0.05, 0.1) is 6.10 Å². The van der Waals surface area contributed by atoms with E-state index in [1.54, 1.807) is 0 Å². The Morgan fingerprint density at radius 2 is 1.88 bits per heavy atom. The molecule has 0 saturated heterocycles. The normalized spacial score (nSPS) is 31.7. The van der Waals surface area contributed by atoms with Gasteiger partial charge in [0.25, 0.3) is 5.79 Å². The first-order valence-corrected chi connectivity index (χ1v) is 6.47. The van der Waals surface area contributed by atoms with Crippen LogP contribution in [0.3, 0.4) is 0 Å². The maximum absolute atomic E-state index is 11.7. The Bertz CT molecular complexity index is 262. The minimum absolute atomic E-state index is 0.0190. The Kier molecular flexibility index (Phi) is 4.50. The lowest BCUT2D eigenvalue weighted by molar-refractivity contribution is -0.494. The summed E-state index contributed by atoms with van der Waals surface area (Å²) in [7, 11) is 0. The van der Waals surface area contributed by atoms with Crippen molar-refractivity contribution >= 4 is 5.78 Å². The second-order valence-electron chi connectivity index (χ2n) is 4.91. The summed E-state index contributed by atoms with van der Waals surface area (Å²) >= 11 is 0. The summed E-state index contributed by atoms with van der Waals surface area (Å²) in [6, 6.07) is 0. The first-order chi connectivity index (χ1) is 8.27. The Labute approximate surface area is 101 Å². The molecule has 0 heterocycles. The Morgan fingerprint density at radius 3 is 2.53 bits per heavy atom. The van der Waals surface area contributed by atoms with Gasteiger partial charge in [-0.15, -0.1) is 0 Å². The van der Waals surface area contributed by atoms with E-state index in [4.69, 9.17) is 15.0 Å². The summed E-state index contributed by atoms with van der Waals surface area (Å²) in [5, 5.41) is 8.92. The zero-order chi connectivity index (χ0) is 12.1. The number of hydrogen-bond acceptors (Lipinski definition) is 5. The van der Waals surface area contributed by atoms with E-state index in [0.717, 1.165) is 38.5 Å². The molecule has 2 aliphatic rings. The second kappa shape index (κ2) is 5.91. The highest BCUT2D eigenvalue weighted by atomic mass is 17.3. The molecule has 5 nitrogen and oxygen atoms in total. The molecule has 0 amide bonds. The van der Waals surface area contributed by atoms with Gasteiger partial charge in [-0.2, -0.15) is 9.78 Å². The highest BCUT2D eigenvalue weighted by Crippen LogP contribution is 2.31. The summed E-state index contributed by atoms with van der Waals surface area (Å²) in [4.78, 5) is 26.4. The summed E-state index contributed by atoms with van der Waals surface area (Å²) in [5.74, 6) is -1.81. The van der Waals surface area contributed by atoms with Crippen LogP contribution in [0, 0.1) is 0 Å². The monoisotopic (exact) mass is 244 g/mol. The third-order valence-electron chi connectivity index (χ3n) is 3.60. The van der Waals surface area contributed by atoms with Gasteiger partial charge in [0.2, 0.25) is 0 Å². The van der Waals surface area contributed by atoms with Gasteiger partial charge in [-0.1, -0.05) is 19.3 Å². The van der Waals surface area contributed by atoms with E-state index in [2.05, 4.69) is 4.89 Å². The smallest absolute Gasteiger partial charge is 0.290 e. The maximum Gasteiger partial charge on any atom is 0.290 e. The lowest BCUT2D eigenvalue weighted by Crippen LogP contribution is -2.46. The Hall–Kier alpha value is -0.490. The quantitative estimate of drug-likeness (QED) is 0.468. The fourth-order valence-corrected chi connectivity index (χ4v) is 2.48. The summed E-state index contributed by atoms with van der Waals surface area (Å²) in [6.07, 6.45) is 7.70. The molecule has 0 spiro atoms. The van der Waals surface area contributed by atoms with Crippen molar-refractivity contribution in [2.45, 2.75) is 69.7 Å². The molecule has 98 valence electrons. The molecular formula is C12H20O5. The van der Waals surface area contributed by atoms with Crippen LogP contribution in [0.2, 0.25) is 0 Å². The van der Waals surface area contributed by atoms with Gasteiger partial charge in [-0.25, -0.2) is 10.1 Å². The molecule has 0 aliphatic heterocycles. The molecular weight excluding hydrogens is 224 g/mol. The first kappa shape index (κ1) is 13.0. The van der Waals surface area contributed by atoms with Crippen molar-refractivity contribution in [3.63, 3.8) is 0 Å². The predicted molar refractivity (Wildman–Crippen MR) is 59.0 cm³/mol. The number of hydrogen-bond donors (Lipinski definition) is 1. The van der Waals surface area contributed by atoms with Crippen molar-refractivity contribution in [3.8, 4) is 0 Å². The predicted octanol–water partition coefficient (Wildman–Crippen LogP) is 2.60. The van der Waals surface area contributed by atoms with Gasteiger partial charge >= 0.3 is 0 Å². The van der Waals surface area contributed by atoms with Crippen LogP contribution in [0.4, 0.5) is 0 Å². The molecule has 5 heteroatoms. The molecule has 1 N–H and O–H groups in total. The van der Waals surface area contributed by atoms with E-state index in [0.29, 0.717) is 12.8 Å². The molecule has 1 unspecified atom stereocenters. The number of rotatable bonds is 4. The fourth-order valence-electron chi connectivity index (χ4n) is 2.48. The van der Waals surface area contributed by atoms with Crippen LogP contribution in [0.25, 0.3) is 0 Å². The largest absolute Gasteiger partial charge is 0.293 e. The third-order valence-corrected chi connectivity index (χ3v) is 3.60. The Balaban J connectivity index is 1.87. The van der Waals surface area contributed by atoms with Gasteiger partial charge in [-0.3, -0.25) is 4.79 Å². The molecule has 2 rings (SSSR count). The van der Waals surface area contributed by atoms with Gasteiger partial charge < -0.3 is 0 Å². The summed E-state index contributed by atoms with van der Waals surface area (Å²) in [6.45, 7) is 0. The molecule has 0 aromatic rings. The zero-order valence-corrected chi connectivity index (χ0v) is 10.0. The maximum atomic E-state index is 11.7. The van der Waals surface area contributed by atoms with E-state index in [9.17, 15) is 4.79 Å². The molecule has 0 aromatic carbocycles. The van der Waals surface area contributed by atoms with E-state index in [1.165, 1.54) is 6.42 Å². The summed E-state index contributed by atoms with van der Waals surface area (Å²) in [5.41, 5.74) is 0. The van der Waals surface area contributed by atoms with Crippen LogP contribution in [0.5, 0.6) is 0 Å². The molecule has 2 saturated carbocycles. The highest BCUT2D eigenvalue weighted by Gasteiger charge is 2.45. The lowest BCUT2D eigenvalue weighted by Gasteiger charge is -2.32. The average molecular weight is 244 g/mol. The first-order valence-electron chi connectivity index (χ1n) is 6.47. The van der Waals surface area contributed by atoms with E-state index >= 15 is 0 Å². The molecule has 17 heavy (non-hydrogen) atoms. The van der Waals surface area contributed by atoms with Crippen molar-refractivity contribution in [1.29, 1.82) is 0 Å². The molecule has 2 fully saturated rings. The number of carbonyl (C=O) groups excluding carboxylic acids is 1. The molecule has 1 atom stereocenters. The lowest BCUT2D eigenvalue weighted by atomic mass is 9.93. The van der Waals surface area contributed by atoms with Crippen LogP contribution >= 0.6 is 0 Å². The average Bonchev–Trinajstić information content (AvgIpc) is 2.39. The van der Waals surface area contributed by atoms with Crippen molar-refractivity contribution in [2.24, 2.45) is 0 Å². The minimum atomic E-state index is -1.57. The molecule has 0 bridgehead atoms. The second-order valence-corrected chi connectivity index (χ2v) is 4.91. The van der Waals surface area contributed by atoms with Gasteiger partial charge in [0, 0.05) is 12.8 Å². The topological polar surface area (TPSA) is 65.0 Å². The van der Waals surface area contributed by atoms with E-state index < -0.39 is 5.79 Å². The molecule has 0 aromatic heterocycles. The standard InChI is InChI=1S/C12H20O5/c13-11-8-4-5-9-12(11,16-14)17-15-10-6-2-1-3-7-10/h10,14H,1-9H2. The van der Waals surface area contributed by atoms with Crippen LogP contribution in [-0.2, 0) is 19.5 Å². The third kappa shape index (κ3) is 3.04. The molecule has 0 radical (unpaired) electrons. The van der Waals surface area contributed by atoms with E-state index in [1.807, 2.05) is 0 Å². The van der Waals surface area contributed by atoms with Crippen molar-refractivity contribution in [2.75, 3.05) is 0 Å². The van der Waals surface area contributed by atoms with Crippen LogP contribution in [0.15, 0.2) is 0 Å². The highest BCUT2D eigenvalue weighted by molar-refractivity contribution is 5.86. The zero-order valence-electron chi connectivity index (χ0n) is 10.0. The van der Waals surface area contributed by atoms with Crippen molar-refractivity contribution in [1.82, 2.24) is 0 Å². The Morgan fingerprint density at radius 1 is 1.12 bits per heavy atom. The fraction of sp³-hybridized carbons (Fsp3) is 0.917. The van der Waals surface area contributed by atoms with Crippen molar-refractivity contribution in [3.05, 3.63) is 0 Å². The number of carbonyl (C=O) groups is 1. The summed E-state index contributed by atoms with van der Waals surface area (Å²) < 4.78 is 0. The minimum Gasteiger partial charge on any atom is -0.293 e. The number of ketones is 1. The number of Topliss-reactive ketones (excluding diaryl/α,β-unsaturated/α-hetero) is 1. The van der Waals surface area contributed by atoms with Crippen LogP contribution in [0.1, 0.15) is 57.8 Å². The van der Waals surface area contributed by atoms with Crippen LogP contribution in [-0.4, -0.2) is 22.9 Å². The van der Waals surface area contributed by atoms with Crippen molar-refractivity contribution < 1.29 is 24.7 Å². The SMILES string of the molecule is O=C1CCCCC1(OO)OOC1CCCCC1. The van der Waals surface area contributed by atoms with Gasteiger partial charge in [0.1, 0.15) is 0 Å². The van der Waals surface area contributed by atoms with Crippen LogP contribution < -0.4 is 0 Å². The van der Waals surface area contributed by atoms with E-state index in [-0.39, 0.29) is 11.9 Å². The van der Waals surface area contributed by atoms with Gasteiger partial charge in [-0.05, 0) is 25.7 Å². The van der Waals surface area contributed by atoms with Gasteiger partial charge in [0.15, 0.2) is 5.78 Å².